The van der Waals surface area contributed by atoms with Crippen molar-refractivity contribution in [3.8, 4) is 0 Å². The zero-order valence-corrected chi connectivity index (χ0v) is 14.0. The molecule has 2 heterocycles. The summed E-state index contributed by atoms with van der Waals surface area (Å²) in [7, 11) is 0. The molecule has 12 nitrogen and oxygen atoms in total. The minimum absolute atomic E-state index is 0.148. The summed E-state index contributed by atoms with van der Waals surface area (Å²) in [5.41, 5.74) is 0. The first-order valence-electron chi connectivity index (χ1n) is 8.26. The van der Waals surface area contributed by atoms with Gasteiger partial charge in [0.25, 0.3) is 0 Å². The molecule has 2 saturated heterocycles. The Hall–Kier alpha value is -0.480. The monoisotopic (exact) mass is 368 g/mol. The van der Waals surface area contributed by atoms with Crippen LogP contribution in [0.4, 0.5) is 0 Å². The summed E-state index contributed by atoms with van der Waals surface area (Å²) < 4.78 is -2.90. The molecule has 0 bridgehead atoms. The number of quaternary nitrogens is 2. The van der Waals surface area contributed by atoms with Crippen LogP contribution in [0.5, 0.6) is 0 Å². The fourth-order valence-electron chi connectivity index (χ4n) is 3.43. The van der Waals surface area contributed by atoms with E-state index in [2.05, 4.69) is 0 Å². The first kappa shape index (κ1) is 20.8. The van der Waals surface area contributed by atoms with E-state index in [0.717, 1.165) is 0 Å². The number of aliphatic hydroxyl groups is 6. The van der Waals surface area contributed by atoms with Crippen molar-refractivity contribution in [2.75, 3.05) is 46.3 Å². The van der Waals surface area contributed by atoms with Gasteiger partial charge in [-0.15, -0.1) is 0 Å². The molecule has 12 heteroatoms. The van der Waals surface area contributed by atoms with Crippen molar-refractivity contribution in [2.24, 2.45) is 0 Å². The second kappa shape index (κ2) is 8.04. The molecule has 2 aliphatic heterocycles. The molecule has 6 atom stereocenters. The van der Waals surface area contributed by atoms with Crippen LogP contribution in [0.15, 0.2) is 0 Å². The van der Waals surface area contributed by atoms with Crippen LogP contribution in [-0.4, -0.2) is 121 Å². The summed E-state index contributed by atoms with van der Waals surface area (Å²) in [6, 6.07) is 0. The Morgan fingerprint density at radius 3 is 1.44 bits per heavy atom. The Kier molecular flexibility index (Phi) is 6.70. The maximum Gasteiger partial charge on any atom is 0.236 e. The first-order chi connectivity index (χ1) is 11.7. The van der Waals surface area contributed by atoms with Crippen molar-refractivity contribution in [1.29, 1.82) is 0 Å². The van der Waals surface area contributed by atoms with Crippen LogP contribution in [0, 0.1) is 10.4 Å². The van der Waals surface area contributed by atoms with Crippen molar-refractivity contribution in [2.45, 2.75) is 37.8 Å². The molecule has 148 valence electrons. The molecule has 0 aromatic rings. The maximum atomic E-state index is 12.9. The third kappa shape index (κ3) is 4.10. The van der Waals surface area contributed by atoms with E-state index in [-0.39, 0.29) is 52.5 Å². The maximum absolute atomic E-state index is 12.9. The van der Waals surface area contributed by atoms with Gasteiger partial charge in [0, 0.05) is 26.3 Å². The van der Waals surface area contributed by atoms with Gasteiger partial charge in [-0.2, -0.15) is 0 Å². The smallest absolute Gasteiger partial charge is 0.236 e. The van der Waals surface area contributed by atoms with Crippen molar-refractivity contribution in [3.63, 3.8) is 0 Å². The average molecular weight is 368 g/mol. The van der Waals surface area contributed by atoms with E-state index in [9.17, 15) is 30.8 Å². The SMILES string of the molecule is [O-][N+]1(C[N+]2([O-])CN(CCCO)C(O)C2O)CN(CCCO)C(O)C1O. The van der Waals surface area contributed by atoms with Crippen molar-refractivity contribution in [1.82, 2.24) is 9.80 Å². The molecule has 0 aromatic carbocycles. The lowest BCUT2D eigenvalue weighted by atomic mass is 10.4. The van der Waals surface area contributed by atoms with E-state index < -0.39 is 40.9 Å². The summed E-state index contributed by atoms with van der Waals surface area (Å²) in [5, 5.41) is 83.7. The van der Waals surface area contributed by atoms with Crippen molar-refractivity contribution >= 4 is 0 Å². The molecule has 0 aromatic heterocycles. The van der Waals surface area contributed by atoms with Crippen LogP contribution in [0.1, 0.15) is 12.8 Å². The van der Waals surface area contributed by atoms with Gasteiger partial charge in [0.2, 0.25) is 19.1 Å². The Balaban J connectivity index is 2.08. The number of aliphatic hydroxyl groups excluding tert-OH is 6. The largest absolute Gasteiger partial charge is 0.626 e. The second-order valence-corrected chi connectivity index (χ2v) is 6.76. The number of hydroxylamine groups is 6. The Bertz CT molecular complexity index is 410. The zero-order valence-electron chi connectivity index (χ0n) is 14.0. The fourth-order valence-corrected chi connectivity index (χ4v) is 3.43. The van der Waals surface area contributed by atoms with Crippen molar-refractivity contribution < 1.29 is 39.9 Å². The van der Waals surface area contributed by atoms with Crippen LogP contribution in [0.3, 0.4) is 0 Å². The lowest BCUT2D eigenvalue weighted by Gasteiger charge is -2.49. The van der Waals surface area contributed by atoms with Crippen LogP contribution in [0.2, 0.25) is 0 Å². The fraction of sp³-hybridized carbons (Fsp3) is 1.00. The topological polar surface area (TPSA) is 174 Å². The van der Waals surface area contributed by atoms with Gasteiger partial charge < -0.3 is 41.1 Å². The molecule has 2 aliphatic rings. The Morgan fingerprint density at radius 1 is 0.760 bits per heavy atom. The number of hydrogen-bond donors (Lipinski definition) is 6. The standard InChI is InChI=1S/C13H28N4O8/c18-5-1-3-14-7-16(24,12(22)10(14)20)9-17(25)8-15(4-2-6-19)11(21)13(17)23/h10-13,18-23H,1-9H2. The molecule has 0 spiro atoms. The highest BCUT2D eigenvalue weighted by Crippen LogP contribution is 2.33. The normalized spacial score (nSPS) is 43.2. The van der Waals surface area contributed by atoms with Crippen LogP contribution in [0.25, 0.3) is 0 Å². The molecule has 0 amide bonds. The van der Waals surface area contributed by atoms with Gasteiger partial charge in [0.15, 0.2) is 12.5 Å². The van der Waals surface area contributed by atoms with Gasteiger partial charge in [-0.1, -0.05) is 0 Å². The number of nitrogens with zero attached hydrogens (tertiary/aromatic N) is 4. The highest BCUT2D eigenvalue weighted by Gasteiger charge is 2.54. The van der Waals surface area contributed by atoms with Gasteiger partial charge >= 0.3 is 0 Å². The van der Waals surface area contributed by atoms with Gasteiger partial charge in [-0.05, 0) is 12.8 Å². The van der Waals surface area contributed by atoms with Crippen LogP contribution in [-0.2, 0) is 0 Å². The molecular formula is C13H28N4O8. The van der Waals surface area contributed by atoms with E-state index in [0.29, 0.717) is 0 Å². The molecular weight excluding hydrogens is 340 g/mol. The summed E-state index contributed by atoms with van der Waals surface area (Å²) in [5.74, 6) is 0. The van der Waals surface area contributed by atoms with E-state index >= 15 is 0 Å². The molecule has 2 fully saturated rings. The minimum Gasteiger partial charge on any atom is -0.626 e. The molecule has 0 aliphatic carbocycles. The Morgan fingerprint density at radius 2 is 1.12 bits per heavy atom. The van der Waals surface area contributed by atoms with E-state index in [1.807, 2.05) is 0 Å². The van der Waals surface area contributed by atoms with E-state index in [1.165, 1.54) is 9.80 Å². The first-order valence-corrected chi connectivity index (χ1v) is 8.26. The van der Waals surface area contributed by atoms with Gasteiger partial charge in [0.05, 0.1) is 0 Å². The summed E-state index contributed by atoms with van der Waals surface area (Å²) >= 11 is 0. The van der Waals surface area contributed by atoms with E-state index in [1.54, 1.807) is 0 Å². The highest BCUT2D eigenvalue weighted by atomic mass is 16.6. The van der Waals surface area contributed by atoms with Gasteiger partial charge in [-0.25, -0.2) is 9.80 Å². The summed E-state index contributed by atoms with van der Waals surface area (Å²) in [4.78, 5) is 2.53. The summed E-state index contributed by atoms with van der Waals surface area (Å²) in [6.07, 6.45) is -5.97. The molecule has 6 N–H and O–H groups in total. The molecule has 0 saturated carbocycles. The average Bonchev–Trinajstić information content (AvgIpc) is 2.91. The van der Waals surface area contributed by atoms with Gasteiger partial charge in [0.1, 0.15) is 13.3 Å². The van der Waals surface area contributed by atoms with Crippen molar-refractivity contribution in [3.05, 3.63) is 10.4 Å². The molecule has 0 radical (unpaired) electrons. The Labute approximate surface area is 145 Å². The number of hydrogen-bond acceptors (Lipinski definition) is 10. The molecule has 2 rings (SSSR count). The van der Waals surface area contributed by atoms with Gasteiger partial charge in [-0.3, -0.25) is 9.29 Å². The second-order valence-electron chi connectivity index (χ2n) is 6.76. The quantitative estimate of drug-likeness (QED) is 0.184. The predicted molar refractivity (Wildman–Crippen MR) is 82.7 cm³/mol. The lowest BCUT2D eigenvalue weighted by molar-refractivity contribution is -1.09. The van der Waals surface area contributed by atoms with Crippen LogP contribution >= 0.6 is 0 Å². The highest BCUT2D eigenvalue weighted by molar-refractivity contribution is 4.74. The van der Waals surface area contributed by atoms with E-state index in [4.69, 9.17) is 10.2 Å². The number of rotatable bonds is 8. The third-order valence-corrected chi connectivity index (χ3v) is 4.77. The lowest BCUT2D eigenvalue weighted by Crippen LogP contribution is -2.63. The third-order valence-electron chi connectivity index (χ3n) is 4.77. The van der Waals surface area contributed by atoms with Crippen LogP contribution < -0.4 is 0 Å². The summed E-state index contributed by atoms with van der Waals surface area (Å²) in [6.45, 7) is -1.49. The molecule has 25 heavy (non-hydrogen) atoms. The predicted octanol–water partition coefficient (Wildman–Crippen LogP) is -3.84. The minimum atomic E-state index is -1.79. The molecule has 6 unspecified atom stereocenters. The zero-order chi connectivity index (χ0) is 18.8.